The quantitative estimate of drug-likeness (QED) is 0.795. The molecule has 1 saturated heterocycles. The van der Waals surface area contributed by atoms with E-state index in [1.165, 1.54) is 7.05 Å². The SMILES string of the molecule is CCCCn1ccnc1C1CCCN(C(=O)c2cc(C(F)(F)F)nn2C)C1. The van der Waals surface area contributed by atoms with E-state index in [9.17, 15) is 18.0 Å². The third-order valence-corrected chi connectivity index (χ3v) is 4.96. The van der Waals surface area contributed by atoms with Crippen molar-refractivity contribution in [3.63, 3.8) is 0 Å². The van der Waals surface area contributed by atoms with Crippen LogP contribution in [-0.4, -0.2) is 43.2 Å². The molecule has 0 radical (unpaired) electrons. The highest BCUT2D eigenvalue weighted by atomic mass is 19.4. The van der Waals surface area contributed by atoms with Crippen LogP contribution in [0.15, 0.2) is 18.5 Å². The molecule has 1 amide bonds. The lowest BCUT2D eigenvalue weighted by atomic mass is 9.96. The molecule has 0 N–H and O–H groups in total. The van der Waals surface area contributed by atoms with Crippen molar-refractivity contribution in [2.24, 2.45) is 7.05 Å². The summed E-state index contributed by atoms with van der Waals surface area (Å²) in [4.78, 5) is 18.9. The first-order valence-corrected chi connectivity index (χ1v) is 9.22. The maximum Gasteiger partial charge on any atom is 0.435 e. The van der Waals surface area contributed by atoms with E-state index in [1.807, 2.05) is 6.20 Å². The Hall–Kier alpha value is -2.32. The Morgan fingerprint density at radius 2 is 2.15 bits per heavy atom. The Morgan fingerprint density at radius 1 is 1.37 bits per heavy atom. The molecule has 0 saturated carbocycles. The van der Waals surface area contributed by atoms with E-state index >= 15 is 0 Å². The lowest BCUT2D eigenvalue weighted by Gasteiger charge is -2.32. The molecule has 1 atom stereocenters. The smallest absolute Gasteiger partial charge is 0.337 e. The second kappa shape index (κ2) is 7.74. The first-order valence-electron chi connectivity index (χ1n) is 9.22. The van der Waals surface area contributed by atoms with Crippen LogP contribution in [0.2, 0.25) is 0 Å². The number of alkyl halides is 3. The van der Waals surface area contributed by atoms with Gasteiger partial charge in [0.2, 0.25) is 0 Å². The number of aromatic nitrogens is 4. The summed E-state index contributed by atoms with van der Waals surface area (Å²) in [6.07, 6.45) is 2.98. The largest absolute Gasteiger partial charge is 0.435 e. The van der Waals surface area contributed by atoms with Gasteiger partial charge < -0.3 is 9.47 Å². The van der Waals surface area contributed by atoms with Crippen LogP contribution in [0.25, 0.3) is 0 Å². The zero-order chi connectivity index (χ0) is 19.6. The van der Waals surface area contributed by atoms with Gasteiger partial charge in [-0.15, -0.1) is 0 Å². The van der Waals surface area contributed by atoms with Gasteiger partial charge in [-0.1, -0.05) is 13.3 Å². The Labute approximate surface area is 156 Å². The number of carbonyl (C=O) groups excluding carboxylic acids is 1. The van der Waals surface area contributed by atoms with Crippen molar-refractivity contribution in [2.45, 2.75) is 51.2 Å². The summed E-state index contributed by atoms with van der Waals surface area (Å²) in [5.74, 6) is 0.615. The monoisotopic (exact) mass is 383 g/mol. The van der Waals surface area contributed by atoms with Gasteiger partial charge in [0.05, 0.1) is 0 Å². The number of amides is 1. The van der Waals surface area contributed by atoms with Gasteiger partial charge >= 0.3 is 6.18 Å². The van der Waals surface area contributed by atoms with E-state index in [-0.39, 0.29) is 11.6 Å². The van der Waals surface area contributed by atoms with Crippen molar-refractivity contribution in [2.75, 3.05) is 13.1 Å². The minimum Gasteiger partial charge on any atom is -0.337 e. The van der Waals surface area contributed by atoms with Gasteiger partial charge in [0.15, 0.2) is 5.69 Å². The Morgan fingerprint density at radius 3 is 2.81 bits per heavy atom. The number of hydrogen-bond donors (Lipinski definition) is 0. The van der Waals surface area contributed by atoms with Crippen molar-refractivity contribution < 1.29 is 18.0 Å². The molecule has 0 aliphatic carbocycles. The zero-order valence-corrected chi connectivity index (χ0v) is 15.5. The van der Waals surface area contributed by atoms with Crippen molar-refractivity contribution in [1.82, 2.24) is 24.2 Å². The van der Waals surface area contributed by atoms with Gasteiger partial charge in [0.25, 0.3) is 5.91 Å². The molecular weight excluding hydrogens is 359 g/mol. The van der Waals surface area contributed by atoms with E-state index in [2.05, 4.69) is 21.6 Å². The number of halogens is 3. The molecular formula is C18H24F3N5O. The molecule has 148 valence electrons. The van der Waals surface area contributed by atoms with E-state index in [0.29, 0.717) is 13.1 Å². The highest BCUT2D eigenvalue weighted by molar-refractivity contribution is 5.92. The summed E-state index contributed by atoms with van der Waals surface area (Å²) in [5.41, 5.74) is -1.09. The summed E-state index contributed by atoms with van der Waals surface area (Å²) < 4.78 is 41.7. The maximum absolute atomic E-state index is 12.9. The topological polar surface area (TPSA) is 56.0 Å². The molecule has 0 spiro atoms. The molecule has 0 aromatic carbocycles. The molecule has 1 fully saturated rings. The summed E-state index contributed by atoms with van der Waals surface area (Å²) in [7, 11) is 1.36. The number of imidazole rings is 1. The van der Waals surface area contributed by atoms with Gasteiger partial charge in [0.1, 0.15) is 11.5 Å². The van der Waals surface area contributed by atoms with Crippen LogP contribution in [0.3, 0.4) is 0 Å². The van der Waals surface area contributed by atoms with Gasteiger partial charge in [-0.25, -0.2) is 4.98 Å². The van der Waals surface area contributed by atoms with Crippen molar-refractivity contribution in [3.8, 4) is 0 Å². The number of aryl methyl sites for hydroxylation is 2. The van der Waals surface area contributed by atoms with Gasteiger partial charge in [-0.2, -0.15) is 18.3 Å². The van der Waals surface area contributed by atoms with Gasteiger partial charge in [0, 0.05) is 51.1 Å². The number of rotatable bonds is 5. The second-order valence-electron chi connectivity index (χ2n) is 6.96. The third kappa shape index (κ3) is 4.17. The number of hydrogen-bond acceptors (Lipinski definition) is 3. The Balaban J connectivity index is 1.76. The van der Waals surface area contributed by atoms with E-state index in [1.54, 1.807) is 11.1 Å². The number of carbonyl (C=O) groups is 1. The molecule has 6 nitrogen and oxygen atoms in total. The van der Waals surface area contributed by atoms with Crippen molar-refractivity contribution >= 4 is 5.91 Å². The van der Waals surface area contributed by atoms with Gasteiger partial charge in [-0.3, -0.25) is 9.48 Å². The van der Waals surface area contributed by atoms with Crippen LogP contribution in [0.1, 0.15) is 60.5 Å². The van der Waals surface area contributed by atoms with E-state index in [4.69, 9.17) is 0 Å². The third-order valence-electron chi connectivity index (χ3n) is 4.96. The number of piperidine rings is 1. The molecule has 2 aromatic rings. The summed E-state index contributed by atoms with van der Waals surface area (Å²) >= 11 is 0. The predicted octanol–water partition coefficient (Wildman–Crippen LogP) is 3.46. The molecule has 1 unspecified atom stereocenters. The molecule has 9 heteroatoms. The molecule has 3 rings (SSSR count). The van der Waals surface area contributed by atoms with Crippen LogP contribution in [0, 0.1) is 0 Å². The number of nitrogens with zero attached hydrogens (tertiary/aromatic N) is 5. The Kier molecular flexibility index (Phi) is 5.57. The minimum atomic E-state index is -4.56. The molecule has 27 heavy (non-hydrogen) atoms. The standard InChI is InChI=1S/C18H24F3N5O/c1-3-4-8-25-10-7-22-16(25)13-6-5-9-26(12-13)17(27)14-11-15(18(19,20)21)23-24(14)2/h7,10-11,13H,3-6,8-9,12H2,1-2H3. The average Bonchev–Trinajstić information content (AvgIpc) is 3.25. The van der Waals surface area contributed by atoms with Crippen LogP contribution in [-0.2, 0) is 19.8 Å². The molecule has 1 aliphatic rings. The highest BCUT2D eigenvalue weighted by Gasteiger charge is 2.36. The lowest BCUT2D eigenvalue weighted by Crippen LogP contribution is -2.40. The fourth-order valence-corrected chi connectivity index (χ4v) is 3.54. The fraction of sp³-hybridized carbons (Fsp3) is 0.611. The van der Waals surface area contributed by atoms with E-state index in [0.717, 1.165) is 48.8 Å². The lowest BCUT2D eigenvalue weighted by molar-refractivity contribution is -0.141. The van der Waals surface area contributed by atoms with Crippen LogP contribution in [0.4, 0.5) is 13.2 Å². The highest BCUT2D eigenvalue weighted by Crippen LogP contribution is 2.30. The summed E-state index contributed by atoms with van der Waals surface area (Å²) in [6.45, 7) is 3.99. The Bertz CT molecular complexity index is 795. The summed E-state index contributed by atoms with van der Waals surface area (Å²) in [5, 5.41) is 3.44. The first kappa shape index (κ1) is 19.4. The maximum atomic E-state index is 12.9. The van der Waals surface area contributed by atoms with Gasteiger partial charge in [-0.05, 0) is 19.3 Å². The van der Waals surface area contributed by atoms with E-state index < -0.39 is 17.8 Å². The van der Waals surface area contributed by atoms with Crippen LogP contribution < -0.4 is 0 Å². The number of likely N-dealkylation sites (tertiary alicyclic amines) is 1. The number of unbranched alkanes of at least 4 members (excludes halogenated alkanes) is 1. The normalized spacial score (nSPS) is 18.1. The molecule has 1 aliphatic heterocycles. The van der Waals surface area contributed by atoms with Crippen molar-refractivity contribution in [3.05, 3.63) is 35.7 Å². The predicted molar refractivity (Wildman–Crippen MR) is 93.2 cm³/mol. The second-order valence-corrected chi connectivity index (χ2v) is 6.96. The van der Waals surface area contributed by atoms with Crippen molar-refractivity contribution in [1.29, 1.82) is 0 Å². The first-order chi connectivity index (χ1) is 12.8. The minimum absolute atomic E-state index is 0.0442. The molecule has 2 aromatic heterocycles. The molecule has 0 bridgehead atoms. The van der Waals surface area contributed by atoms with Crippen LogP contribution in [0.5, 0.6) is 0 Å². The van der Waals surface area contributed by atoms with Crippen LogP contribution >= 0.6 is 0 Å². The fourth-order valence-electron chi connectivity index (χ4n) is 3.54. The molecule has 3 heterocycles. The summed E-state index contributed by atoms with van der Waals surface area (Å²) in [6, 6.07) is 0.828. The zero-order valence-electron chi connectivity index (χ0n) is 15.5. The average molecular weight is 383 g/mol.